The predicted molar refractivity (Wildman–Crippen MR) is 140 cm³/mol. The Bertz CT molecular complexity index is 688. The van der Waals surface area contributed by atoms with Crippen molar-refractivity contribution in [1.82, 2.24) is 20.4 Å². The second-order valence-electron chi connectivity index (χ2n) is 9.91. The van der Waals surface area contributed by atoms with Crippen LogP contribution >= 0.6 is 0 Å². The van der Waals surface area contributed by atoms with Crippen molar-refractivity contribution in [2.45, 2.75) is 57.0 Å². The lowest BCUT2D eigenvalue weighted by atomic mass is 10.0. The summed E-state index contributed by atoms with van der Waals surface area (Å²) in [7, 11) is 0. The van der Waals surface area contributed by atoms with Gasteiger partial charge >= 0.3 is 0 Å². The van der Waals surface area contributed by atoms with Gasteiger partial charge in [-0.1, -0.05) is 73.5 Å². The number of benzene rings is 2. The van der Waals surface area contributed by atoms with Gasteiger partial charge in [0.05, 0.1) is 0 Å². The molecule has 0 amide bonds. The van der Waals surface area contributed by atoms with Crippen molar-refractivity contribution in [1.29, 1.82) is 0 Å². The van der Waals surface area contributed by atoms with E-state index in [0.29, 0.717) is 12.1 Å². The monoisotopic (exact) mass is 448 g/mol. The minimum Gasteiger partial charge on any atom is -0.309 e. The fraction of sp³-hybridized carbons (Fsp3) is 0.586. The fourth-order valence-electron chi connectivity index (χ4n) is 5.39. The number of likely N-dealkylation sites (tertiary alicyclic amines) is 2. The lowest BCUT2D eigenvalue weighted by Gasteiger charge is -2.32. The van der Waals surface area contributed by atoms with Crippen LogP contribution in [-0.2, 0) is 0 Å². The van der Waals surface area contributed by atoms with E-state index in [1.54, 1.807) is 0 Å². The minimum atomic E-state index is 0.419. The molecule has 0 saturated carbocycles. The first-order chi connectivity index (χ1) is 16.4. The second-order valence-corrected chi connectivity index (χ2v) is 9.91. The molecular weight excluding hydrogens is 404 g/mol. The molecule has 2 fully saturated rings. The summed E-state index contributed by atoms with van der Waals surface area (Å²) in [5, 5.41) is 7.77. The van der Waals surface area contributed by atoms with Crippen LogP contribution in [0.15, 0.2) is 60.7 Å². The maximum atomic E-state index is 3.89. The molecule has 33 heavy (non-hydrogen) atoms. The van der Waals surface area contributed by atoms with E-state index in [9.17, 15) is 0 Å². The minimum absolute atomic E-state index is 0.419. The highest BCUT2D eigenvalue weighted by Gasteiger charge is 2.19. The molecule has 2 aliphatic heterocycles. The molecule has 2 aromatic carbocycles. The Morgan fingerprint density at radius 3 is 1.33 bits per heavy atom. The Kier molecular flexibility index (Phi) is 10.2. The van der Waals surface area contributed by atoms with Crippen LogP contribution in [-0.4, -0.2) is 62.2 Å². The van der Waals surface area contributed by atoms with E-state index < -0.39 is 0 Å². The highest BCUT2D eigenvalue weighted by molar-refractivity contribution is 5.20. The molecule has 2 aliphatic rings. The van der Waals surface area contributed by atoms with Crippen LogP contribution in [0.25, 0.3) is 0 Å². The predicted octanol–water partition coefficient (Wildman–Crippen LogP) is 5.01. The molecule has 2 N–H and O–H groups in total. The fourth-order valence-corrected chi connectivity index (χ4v) is 5.39. The van der Waals surface area contributed by atoms with Crippen molar-refractivity contribution >= 4 is 0 Å². The molecule has 0 bridgehead atoms. The Morgan fingerprint density at radius 1 is 0.545 bits per heavy atom. The van der Waals surface area contributed by atoms with Crippen LogP contribution < -0.4 is 10.6 Å². The van der Waals surface area contributed by atoms with Crippen molar-refractivity contribution in [3.63, 3.8) is 0 Å². The van der Waals surface area contributed by atoms with Crippen LogP contribution in [0.5, 0.6) is 0 Å². The number of rotatable bonds is 12. The smallest absolute Gasteiger partial charge is 0.0449 e. The topological polar surface area (TPSA) is 30.5 Å². The molecule has 1 unspecified atom stereocenters. The summed E-state index contributed by atoms with van der Waals surface area (Å²) >= 11 is 0. The van der Waals surface area contributed by atoms with E-state index in [2.05, 4.69) is 81.1 Å². The molecular formula is C29H44N4. The van der Waals surface area contributed by atoms with Crippen molar-refractivity contribution < 1.29 is 0 Å². The van der Waals surface area contributed by atoms with E-state index >= 15 is 0 Å². The molecule has 0 spiro atoms. The largest absolute Gasteiger partial charge is 0.309 e. The van der Waals surface area contributed by atoms with Gasteiger partial charge in [-0.05, 0) is 82.5 Å². The first kappa shape index (κ1) is 24.4. The first-order valence-corrected chi connectivity index (χ1v) is 13.4. The standard InChI is InChI=1S/C29H44N4/c1-5-14-26(15-6-1)28(24-32-20-9-3-10-21-32)30-18-13-19-31-29(27-16-7-2-8-17-27)25-33-22-11-4-12-23-33/h1-2,5-8,14-17,28-31H,3-4,9-13,18-25H2/t28-,29?/m0/s1. The van der Waals surface area contributed by atoms with Gasteiger partial charge in [0.25, 0.3) is 0 Å². The number of hydrogen-bond donors (Lipinski definition) is 2. The Hall–Kier alpha value is -1.72. The lowest BCUT2D eigenvalue weighted by molar-refractivity contribution is 0.202. The van der Waals surface area contributed by atoms with E-state index in [0.717, 1.165) is 32.6 Å². The molecule has 180 valence electrons. The van der Waals surface area contributed by atoms with E-state index in [4.69, 9.17) is 0 Å². The zero-order chi connectivity index (χ0) is 22.6. The van der Waals surface area contributed by atoms with Crippen molar-refractivity contribution in [2.24, 2.45) is 0 Å². The Labute approximate surface area is 201 Å². The highest BCUT2D eigenvalue weighted by atomic mass is 15.2. The Balaban J connectivity index is 1.26. The summed E-state index contributed by atoms with van der Waals surface area (Å²) < 4.78 is 0. The maximum absolute atomic E-state index is 3.89. The van der Waals surface area contributed by atoms with Crippen LogP contribution in [0.3, 0.4) is 0 Å². The Morgan fingerprint density at radius 2 is 0.939 bits per heavy atom. The maximum Gasteiger partial charge on any atom is 0.0449 e. The van der Waals surface area contributed by atoms with Gasteiger partial charge in [-0.2, -0.15) is 0 Å². The lowest BCUT2D eigenvalue weighted by Crippen LogP contribution is -2.40. The van der Waals surface area contributed by atoms with Gasteiger partial charge in [-0.25, -0.2) is 0 Å². The third kappa shape index (κ3) is 8.22. The van der Waals surface area contributed by atoms with Gasteiger partial charge in [0.2, 0.25) is 0 Å². The molecule has 2 aromatic rings. The molecule has 4 rings (SSSR count). The molecule has 2 atom stereocenters. The average Bonchev–Trinajstić information content (AvgIpc) is 2.89. The summed E-state index contributed by atoms with van der Waals surface area (Å²) in [5.74, 6) is 0. The summed E-state index contributed by atoms with van der Waals surface area (Å²) in [6, 6.07) is 22.9. The van der Waals surface area contributed by atoms with Crippen LogP contribution in [0.1, 0.15) is 68.2 Å². The SMILES string of the molecule is c1ccc(C(CN2CCCCC2)NCCCN[C@@H](CN2CCCCC2)c2ccccc2)cc1. The number of nitrogens with one attached hydrogen (secondary N) is 2. The first-order valence-electron chi connectivity index (χ1n) is 13.4. The van der Waals surface area contributed by atoms with E-state index in [1.807, 2.05) is 0 Å². The van der Waals surface area contributed by atoms with Crippen molar-refractivity contribution in [3.8, 4) is 0 Å². The molecule has 0 aliphatic carbocycles. The van der Waals surface area contributed by atoms with Crippen LogP contribution in [0.4, 0.5) is 0 Å². The van der Waals surface area contributed by atoms with Crippen molar-refractivity contribution in [2.75, 3.05) is 52.4 Å². The summed E-state index contributed by atoms with van der Waals surface area (Å²) in [6.45, 7) is 9.35. The number of piperidine rings is 2. The van der Waals surface area contributed by atoms with Gasteiger partial charge in [-0.3, -0.25) is 0 Å². The quantitative estimate of drug-likeness (QED) is 0.447. The van der Waals surface area contributed by atoms with Crippen LogP contribution in [0.2, 0.25) is 0 Å². The molecule has 2 heterocycles. The van der Waals surface area contributed by atoms with E-state index in [1.165, 1.54) is 75.8 Å². The van der Waals surface area contributed by atoms with Gasteiger partial charge in [0, 0.05) is 25.2 Å². The van der Waals surface area contributed by atoms with Gasteiger partial charge < -0.3 is 20.4 Å². The summed E-state index contributed by atoms with van der Waals surface area (Å²) in [5.41, 5.74) is 2.84. The van der Waals surface area contributed by atoms with Gasteiger partial charge in [0.1, 0.15) is 0 Å². The molecule has 2 saturated heterocycles. The summed E-state index contributed by atoms with van der Waals surface area (Å²) in [6.07, 6.45) is 9.34. The molecule has 4 nitrogen and oxygen atoms in total. The van der Waals surface area contributed by atoms with Gasteiger partial charge in [-0.15, -0.1) is 0 Å². The number of hydrogen-bond acceptors (Lipinski definition) is 4. The zero-order valence-corrected chi connectivity index (χ0v) is 20.4. The third-order valence-corrected chi connectivity index (χ3v) is 7.32. The molecule has 4 heteroatoms. The zero-order valence-electron chi connectivity index (χ0n) is 20.4. The number of nitrogens with zero attached hydrogens (tertiary/aromatic N) is 2. The molecule has 0 radical (unpaired) electrons. The van der Waals surface area contributed by atoms with Crippen LogP contribution in [0, 0.1) is 0 Å². The normalized spacial score (nSPS) is 19.9. The third-order valence-electron chi connectivity index (χ3n) is 7.32. The summed E-state index contributed by atoms with van der Waals surface area (Å²) in [4.78, 5) is 5.30. The van der Waals surface area contributed by atoms with Gasteiger partial charge in [0.15, 0.2) is 0 Å². The van der Waals surface area contributed by atoms with Crippen molar-refractivity contribution in [3.05, 3.63) is 71.8 Å². The highest BCUT2D eigenvalue weighted by Crippen LogP contribution is 2.19. The molecule has 0 aromatic heterocycles. The second kappa shape index (κ2) is 13.9. The average molecular weight is 449 g/mol. The van der Waals surface area contributed by atoms with E-state index in [-0.39, 0.29) is 0 Å².